The second kappa shape index (κ2) is 5.02. The lowest BCUT2D eigenvalue weighted by Gasteiger charge is -2.05. The van der Waals surface area contributed by atoms with Crippen LogP contribution >= 0.6 is 15.9 Å². The van der Waals surface area contributed by atoms with Gasteiger partial charge in [-0.05, 0) is 18.2 Å². The van der Waals surface area contributed by atoms with Crippen LogP contribution in [0.5, 0.6) is 0 Å². The highest BCUT2D eigenvalue weighted by Crippen LogP contribution is 2.19. The standard InChI is InChI=1S/C12H11BrN4/c1-17-8-10(7-16-17)6-15-12-3-9(5-14)2-11(13)4-12/h2-4,7-8,15H,6H2,1H3. The van der Waals surface area contributed by atoms with E-state index in [0.717, 1.165) is 15.7 Å². The molecule has 1 aromatic carbocycles. The number of nitrogens with zero attached hydrogens (tertiary/aromatic N) is 3. The van der Waals surface area contributed by atoms with E-state index in [0.29, 0.717) is 12.1 Å². The van der Waals surface area contributed by atoms with E-state index < -0.39 is 0 Å². The molecular weight excluding hydrogens is 280 g/mol. The van der Waals surface area contributed by atoms with Gasteiger partial charge in [0.25, 0.3) is 0 Å². The average molecular weight is 291 g/mol. The Morgan fingerprint density at radius 1 is 1.47 bits per heavy atom. The fourth-order valence-corrected chi connectivity index (χ4v) is 2.02. The van der Waals surface area contributed by atoms with E-state index >= 15 is 0 Å². The van der Waals surface area contributed by atoms with Crippen LogP contribution in [0, 0.1) is 11.3 Å². The molecule has 17 heavy (non-hydrogen) atoms. The quantitative estimate of drug-likeness (QED) is 0.946. The van der Waals surface area contributed by atoms with Crippen LogP contribution in [0.15, 0.2) is 35.1 Å². The molecule has 1 heterocycles. The summed E-state index contributed by atoms with van der Waals surface area (Å²) in [5.74, 6) is 0. The fourth-order valence-electron chi connectivity index (χ4n) is 1.52. The van der Waals surface area contributed by atoms with E-state index in [9.17, 15) is 0 Å². The molecule has 0 saturated heterocycles. The van der Waals surface area contributed by atoms with Crippen LogP contribution in [0.3, 0.4) is 0 Å². The maximum atomic E-state index is 8.86. The fraction of sp³-hybridized carbons (Fsp3) is 0.167. The Morgan fingerprint density at radius 2 is 2.29 bits per heavy atom. The van der Waals surface area contributed by atoms with Gasteiger partial charge in [0.2, 0.25) is 0 Å². The molecule has 0 aliphatic rings. The van der Waals surface area contributed by atoms with Gasteiger partial charge in [0.05, 0.1) is 17.8 Å². The van der Waals surface area contributed by atoms with Gasteiger partial charge in [0.15, 0.2) is 0 Å². The van der Waals surface area contributed by atoms with Crippen LogP contribution in [0.1, 0.15) is 11.1 Å². The van der Waals surface area contributed by atoms with Crippen molar-refractivity contribution in [1.29, 1.82) is 5.26 Å². The molecule has 0 bridgehead atoms. The van der Waals surface area contributed by atoms with Gasteiger partial charge in [0.1, 0.15) is 0 Å². The molecule has 2 rings (SSSR count). The van der Waals surface area contributed by atoms with Gasteiger partial charge >= 0.3 is 0 Å². The van der Waals surface area contributed by atoms with Crippen LogP contribution in [0.4, 0.5) is 5.69 Å². The number of hydrogen-bond acceptors (Lipinski definition) is 3. The number of nitrogens with one attached hydrogen (secondary N) is 1. The minimum atomic E-state index is 0.632. The first-order valence-electron chi connectivity index (χ1n) is 5.09. The van der Waals surface area contributed by atoms with Crippen molar-refractivity contribution in [2.45, 2.75) is 6.54 Å². The van der Waals surface area contributed by atoms with Crippen molar-refractivity contribution < 1.29 is 0 Å². The minimum absolute atomic E-state index is 0.632. The lowest BCUT2D eigenvalue weighted by atomic mass is 10.2. The smallest absolute Gasteiger partial charge is 0.0992 e. The molecule has 2 aromatic rings. The van der Waals surface area contributed by atoms with Crippen LogP contribution in [-0.2, 0) is 13.6 Å². The van der Waals surface area contributed by atoms with E-state index in [1.54, 1.807) is 10.7 Å². The summed E-state index contributed by atoms with van der Waals surface area (Å²) in [6.45, 7) is 0.690. The van der Waals surface area contributed by atoms with Crippen molar-refractivity contribution >= 4 is 21.6 Å². The number of aromatic nitrogens is 2. The number of benzene rings is 1. The number of halogens is 1. The maximum Gasteiger partial charge on any atom is 0.0992 e. The monoisotopic (exact) mass is 290 g/mol. The Morgan fingerprint density at radius 3 is 2.94 bits per heavy atom. The zero-order chi connectivity index (χ0) is 12.3. The number of rotatable bonds is 3. The summed E-state index contributed by atoms with van der Waals surface area (Å²) in [4.78, 5) is 0. The second-order valence-corrected chi connectivity index (χ2v) is 4.63. The third-order valence-corrected chi connectivity index (χ3v) is 2.74. The normalized spacial score (nSPS) is 9.94. The first-order valence-corrected chi connectivity index (χ1v) is 5.89. The summed E-state index contributed by atoms with van der Waals surface area (Å²) in [6, 6.07) is 7.67. The molecule has 1 N–H and O–H groups in total. The first kappa shape index (κ1) is 11.7. The zero-order valence-corrected chi connectivity index (χ0v) is 10.9. The lowest BCUT2D eigenvalue weighted by molar-refractivity contribution is 0.767. The van der Waals surface area contributed by atoms with E-state index in [1.807, 2.05) is 31.6 Å². The van der Waals surface area contributed by atoms with E-state index in [4.69, 9.17) is 5.26 Å². The van der Waals surface area contributed by atoms with E-state index in [-0.39, 0.29) is 0 Å². The third kappa shape index (κ3) is 3.08. The zero-order valence-electron chi connectivity index (χ0n) is 9.31. The Balaban J connectivity index is 2.09. The molecule has 0 fully saturated rings. The summed E-state index contributed by atoms with van der Waals surface area (Å²) in [6.07, 6.45) is 3.77. The molecule has 0 atom stereocenters. The van der Waals surface area contributed by atoms with E-state index in [1.165, 1.54) is 0 Å². The highest BCUT2D eigenvalue weighted by atomic mass is 79.9. The van der Waals surface area contributed by atoms with Gasteiger partial charge in [0, 0.05) is 35.5 Å². The van der Waals surface area contributed by atoms with Crippen molar-refractivity contribution in [3.63, 3.8) is 0 Å². The molecule has 86 valence electrons. The van der Waals surface area contributed by atoms with Crippen molar-refractivity contribution in [3.8, 4) is 6.07 Å². The molecule has 0 saturated carbocycles. The van der Waals surface area contributed by atoms with Crippen molar-refractivity contribution in [1.82, 2.24) is 9.78 Å². The van der Waals surface area contributed by atoms with Crippen LogP contribution in [0.2, 0.25) is 0 Å². The van der Waals surface area contributed by atoms with Crippen molar-refractivity contribution in [2.24, 2.45) is 7.05 Å². The summed E-state index contributed by atoms with van der Waals surface area (Å²) in [7, 11) is 1.89. The van der Waals surface area contributed by atoms with Gasteiger partial charge in [-0.2, -0.15) is 10.4 Å². The van der Waals surface area contributed by atoms with Crippen LogP contribution < -0.4 is 5.32 Å². The lowest BCUT2D eigenvalue weighted by Crippen LogP contribution is -1.98. The van der Waals surface area contributed by atoms with Gasteiger partial charge in [-0.1, -0.05) is 15.9 Å². The van der Waals surface area contributed by atoms with Crippen molar-refractivity contribution in [2.75, 3.05) is 5.32 Å². The SMILES string of the molecule is Cn1cc(CNc2cc(Br)cc(C#N)c2)cn1. The molecule has 0 unspecified atom stereocenters. The Kier molecular flexibility index (Phi) is 3.45. The Hall–Kier alpha value is -1.80. The molecule has 4 nitrogen and oxygen atoms in total. The summed E-state index contributed by atoms with van der Waals surface area (Å²) in [5, 5.41) is 16.2. The van der Waals surface area contributed by atoms with Crippen LogP contribution in [0.25, 0.3) is 0 Å². The summed E-state index contributed by atoms with van der Waals surface area (Å²) >= 11 is 3.38. The molecule has 0 spiro atoms. The predicted octanol–water partition coefficient (Wildman–Crippen LogP) is 2.67. The summed E-state index contributed by atoms with van der Waals surface area (Å²) in [5.41, 5.74) is 2.65. The Bertz CT molecular complexity index is 568. The second-order valence-electron chi connectivity index (χ2n) is 3.72. The van der Waals surface area contributed by atoms with Gasteiger partial charge in [-0.15, -0.1) is 0 Å². The first-order chi connectivity index (χ1) is 8.17. The van der Waals surface area contributed by atoms with Crippen LogP contribution in [-0.4, -0.2) is 9.78 Å². The van der Waals surface area contributed by atoms with Gasteiger partial charge in [-0.3, -0.25) is 4.68 Å². The molecule has 0 amide bonds. The number of aryl methyl sites for hydroxylation is 1. The molecule has 0 radical (unpaired) electrons. The number of hydrogen-bond donors (Lipinski definition) is 1. The minimum Gasteiger partial charge on any atom is -0.381 e. The molecule has 5 heteroatoms. The summed E-state index contributed by atoms with van der Waals surface area (Å²) < 4.78 is 2.66. The average Bonchev–Trinajstić information content (AvgIpc) is 2.72. The predicted molar refractivity (Wildman–Crippen MR) is 69.4 cm³/mol. The largest absolute Gasteiger partial charge is 0.381 e. The third-order valence-electron chi connectivity index (χ3n) is 2.28. The molecule has 0 aliphatic heterocycles. The number of nitriles is 1. The van der Waals surface area contributed by atoms with Crippen molar-refractivity contribution in [3.05, 3.63) is 46.2 Å². The van der Waals surface area contributed by atoms with E-state index in [2.05, 4.69) is 32.4 Å². The molecule has 0 aliphatic carbocycles. The maximum absolute atomic E-state index is 8.86. The highest BCUT2D eigenvalue weighted by molar-refractivity contribution is 9.10. The molecular formula is C12H11BrN4. The highest BCUT2D eigenvalue weighted by Gasteiger charge is 2.00. The Labute approximate surface area is 108 Å². The molecule has 1 aromatic heterocycles. The topological polar surface area (TPSA) is 53.6 Å². The number of anilines is 1. The van der Waals surface area contributed by atoms with Gasteiger partial charge in [-0.25, -0.2) is 0 Å². The van der Waals surface area contributed by atoms with Gasteiger partial charge < -0.3 is 5.32 Å².